The Morgan fingerprint density at radius 3 is 2.72 bits per heavy atom. The molecule has 1 fully saturated rings. The molecule has 0 unspecified atom stereocenters. The van der Waals surface area contributed by atoms with Gasteiger partial charge >= 0.3 is 0 Å². The van der Waals surface area contributed by atoms with Crippen LogP contribution in [0.15, 0.2) is 12.1 Å². The van der Waals surface area contributed by atoms with Crippen molar-refractivity contribution in [3.05, 3.63) is 23.4 Å². The van der Waals surface area contributed by atoms with E-state index >= 15 is 0 Å². The minimum Gasteiger partial charge on any atom is -0.474 e. The topological polar surface area (TPSA) is 66.1 Å². The maximum absolute atomic E-state index is 9.08. The van der Waals surface area contributed by atoms with Gasteiger partial charge in [0.1, 0.15) is 6.10 Å². The Hall–Kier alpha value is -1.60. The minimum absolute atomic E-state index is 0.161. The highest BCUT2D eigenvalue weighted by atomic mass is 16.5. The van der Waals surface area contributed by atoms with E-state index in [0.29, 0.717) is 17.4 Å². The third kappa shape index (κ3) is 3.21. The highest BCUT2D eigenvalue weighted by molar-refractivity contribution is 5.34. The van der Waals surface area contributed by atoms with E-state index in [4.69, 9.17) is 15.1 Å². The fourth-order valence-corrected chi connectivity index (χ4v) is 2.37. The van der Waals surface area contributed by atoms with Crippen LogP contribution in [0.4, 0.5) is 0 Å². The lowest BCUT2D eigenvalue weighted by atomic mass is 9.88. The van der Waals surface area contributed by atoms with E-state index < -0.39 is 0 Å². The van der Waals surface area contributed by atoms with Gasteiger partial charge in [-0.2, -0.15) is 5.26 Å². The Labute approximate surface area is 107 Å². The molecule has 1 heterocycles. The molecule has 1 aliphatic carbocycles. The zero-order chi connectivity index (χ0) is 13.0. The summed E-state index contributed by atoms with van der Waals surface area (Å²) >= 11 is 0. The van der Waals surface area contributed by atoms with Crippen LogP contribution in [0.3, 0.4) is 0 Å². The van der Waals surface area contributed by atoms with E-state index in [-0.39, 0.29) is 12.7 Å². The Morgan fingerprint density at radius 1 is 1.39 bits per heavy atom. The molecule has 0 saturated heterocycles. The first-order valence-corrected chi connectivity index (χ1v) is 6.37. The fraction of sp³-hybridized carbons (Fsp3) is 0.571. The van der Waals surface area contributed by atoms with Crippen molar-refractivity contribution in [2.45, 2.75) is 38.7 Å². The highest BCUT2D eigenvalue weighted by Crippen LogP contribution is 2.27. The third-order valence-electron chi connectivity index (χ3n) is 3.40. The monoisotopic (exact) mass is 246 g/mol. The molecule has 4 heteroatoms. The molecule has 1 aromatic rings. The van der Waals surface area contributed by atoms with E-state index in [1.165, 1.54) is 0 Å². The van der Waals surface area contributed by atoms with Crippen molar-refractivity contribution in [3.8, 4) is 11.9 Å². The molecule has 1 aliphatic rings. The second-order valence-electron chi connectivity index (χ2n) is 4.89. The molecule has 0 atom stereocenters. The second-order valence-corrected chi connectivity index (χ2v) is 4.89. The first-order valence-electron chi connectivity index (χ1n) is 6.37. The van der Waals surface area contributed by atoms with E-state index in [0.717, 1.165) is 31.4 Å². The summed E-state index contributed by atoms with van der Waals surface area (Å²) in [6.45, 7) is 2.13. The molecule has 4 nitrogen and oxygen atoms in total. The van der Waals surface area contributed by atoms with Crippen LogP contribution in [-0.2, 0) is 0 Å². The minimum atomic E-state index is 0.161. The highest BCUT2D eigenvalue weighted by Gasteiger charge is 2.22. The van der Waals surface area contributed by atoms with Crippen LogP contribution in [0, 0.1) is 24.2 Å². The maximum atomic E-state index is 9.08. The van der Waals surface area contributed by atoms with Crippen molar-refractivity contribution < 1.29 is 9.84 Å². The summed E-state index contributed by atoms with van der Waals surface area (Å²) in [5.74, 6) is 0.962. The summed E-state index contributed by atoms with van der Waals surface area (Å²) in [4.78, 5) is 4.29. The summed E-state index contributed by atoms with van der Waals surface area (Å²) in [5, 5.41) is 18.0. The summed E-state index contributed by atoms with van der Waals surface area (Å²) in [6.07, 6.45) is 4.05. The van der Waals surface area contributed by atoms with Gasteiger partial charge in [-0.1, -0.05) is 0 Å². The summed E-state index contributed by atoms with van der Waals surface area (Å²) in [6, 6.07) is 5.54. The van der Waals surface area contributed by atoms with Crippen LogP contribution in [0.2, 0.25) is 0 Å². The van der Waals surface area contributed by atoms with E-state index in [1.54, 1.807) is 12.1 Å². The number of rotatable bonds is 3. The van der Waals surface area contributed by atoms with E-state index in [9.17, 15) is 0 Å². The molecule has 1 saturated carbocycles. The number of nitrogens with zero attached hydrogens (tertiary/aromatic N) is 2. The quantitative estimate of drug-likeness (QED) is 0.887. The Kier molecular flexibility index (Phi) is 4.16. The first-order chi connectivity index (χ1) is 8.71. The van der Waals surface area contributed by atoms with Gasteiger partial charge in [-0.15, -0.1) is 0 Å². The van der Waals surface area contributed by atoms with Crippen LogP contribution in [0.1, 0.15) is 36.9 Å². The van der Waals surface area contributed by atoms with Crippen molar-refractivity contribution in [1.82, 2.24) is 4.98 Å². The largest absolute Gasteiger partial charge is 0.474 e. The van der Waals surface area contributed by atoms with Crippen molar-refractivity contribution in [3.63, 3.8) is 0 Å². The van der Waals surface area contributed by atoms with Crippen LogP contribution in [0.5, 0.6) is 5.88 Å². The molecule has 96 valence electrons. The van der Waals surface area contributed by atoms with Gasteiger partial charge in [0.05, 0.1) is 11.6 Å². The first kappa shape index (κ1) is 12.8. The summed E-state index contributed by atoms with van der Waals surface area (Å²) in [5.41, 5.74) is 1.38. The number of aliphatic hydroxyl groups is 1. The zero-order valence-electron chi connectivity index (χ0n) is 10.6. The number of aliphatic hydroxyl groups excluding tert-OH is 1. The van der Waals surface area contributed by atoms with Gasteiger partial charge in [-0.3, -0.25) is 0 Å². The maximum Gasteiger partial charge on any atom is 0.215 e. The molecule has 18 heavy (non-hydrogen) atoms. The molecule has 0 aromatic carbocycles. The molecule has 1 N–H and O–H groups in total. The number of aromatic nitrogens is 1. The average molecular weight is 246 g/mol. The summed E-state index contributed by atoms with van der Waals surface area (Å²) < 4.78 is 5.83. The van der Waals surface area contributed by atoms with Gasteiger partial charge in [0.2, 0.25) is 5.88 Å². The molecule has 1 aromatic heterocycles. The lowest BCUT2D eigenvalue weighted by molar-refractivity contribution is 0.100. The normalized spacial score (nSPS) is 23.4. The molecular formula is C14H18N2O2. The third-order valence-corrected chi connectivity index (χ3v) is 3.40. The van der Waals surface area contributed by atoms with Crippen LogP contribution < -0.4 is 4.74 Å². The Balaban J connectivity index is 1.98. The predicted molar refractivity (Wildman–Crippen MR) is 67.1 cm³/mol. The lowest BCUT2D eigenvalue weighted by Crippen LogP contribution is -2.25. The van der Waals surface area contributed by atoms with Gasteiger partial charge < -0.3 is 9.84 Å². The van der Waals surface area contributed by atoms with Crippen molar-refractivity contribution in [1.29, 1.82) is 5.26 Å². The van der Waals surface area contributed by atoms with Gasteiger partial charge in [0, 0.05) is 18.4 Å². The van der Waals surface area contributed by atoms with Crippen LogP contribution >= 0.6 is 0 Å². The number of ether oxygens (including phenoxy) is 1. The molecular weight excluding hydrogens is 228 g/mol. The molecule has 0 bridgehead atoms. The predicted octanol–water partition coefficient (Wildman–Crippen LogP) is 2.19. The van der Waals surface area contributed by atoms with E-state index in [1.807, 2.05) is 6.92 Å². The number of nitriles is 1. The fourth-order valence-electron chi connectivity index (χ4n) is 2.37. The number of hydrogen-bond acceptors (Lipinski definition) is 4. The zero-order valence-corrected chi connectivity index (χ0v) is 10.6. The summed E-state index contributed by atoms with van der Waals surface area (Å²) in [7, 11) is 0. The van der Waals surface area contributed by atoms with Gasteiger partial charge in [-0.05, 0) is 44.6 Å². The average Bonchev–Trinajstić information content (AvgIpc) is 2.39. The van der Waals surface area contributed by atoms with Crippen molar-refractivity contribution in [2.24, 2.45) is 5.92 Å². The standard InChI is InChI=1S/C14H18N2O2/c1-10-6-12(8-15)7-14(16-10)18-13-4-2-11(9-17)3-5-13/h6-7,11,13,17H,2-5,9H2,1H3. The van der Waals surface area contributed by atoms with Crippen molar-refractivity contribution >= 4 is 0 Å². The van der Waals surface area contributed by atoms with Gasteiger partial charge in [0.15, 0.2) is 0 Å². The van der Waals surface area contributed by atoms with Crippen molar-refractivity contribution in [2.75, 3.05) is 6.61 Å². The molecule has 0 aliphatic heterocycles. The smallest absolute Gasteiger partial charge is 0.215 e. The second kappa shape index (κ2) is 5.83. The Morgan fingerprint density at radius 2 is 2.11 bits per heavy atom. The number of aryl methyl sites for hydroxylation is 1. The van der Waals surface area contributed by atoms with Gasteiger partial charge in [-0.25, -0.2) is 4.98 Å². The SMILES string of the molecule is Cc1cc(C#N)cc(OC2CCC(CO)CC2)n1. The molecule has 0 amide bonds. The molecule has 0 spiro atoms. The van der Waals surface area contributed by atoms with E-state index in [2.05, 4.69) is 11.1 Å². The lowest BCUT2D eigenvalue weighted by Gasteiger charge is -2.27. The Bertz CT molecular complexity index is 446. The number of pyridine rings is 1. The van der Waals surface area contributed by atoms with Gasteiger partial charge in [0.25, 0.3) is 0 Å². The van der Waals surface area contributed by atoms with Crippen LogP contribution in [0.25, 0.3) is 0 Å². The van der Waals surface area contributed by atoms with Crippen LogP contribution in [-0.4, -0.2) is 22.8 Å². The molecule has 0 radical (unpaired) electrons. The molecule has 2 rings (SSSR count). The number of hydrogen-bond donors (Lipinski definition) is 1.